The van der Waals surface area contributed by atoms with Crippen LogP contribution in [0.5, 0.6) is 23.0 Å². The van der Waals surface area contributed by atoms with Gasteiger partial charge in [-0.15, -0.1) is 0 Å². The Labute approximate surface area is 227 Å². The van der Waals surface area contributed by atoms with Crippen LogP contribution in [0.25, 0.3) is 18.2 Å². The Morgan fingerprint density at radius 3 is 2.03 bits per heavy atom. The topological polar surface area (TPSA) is 60.5 Å². The number of rotatable bonds is 13. The van der Waals surface area contributed by atoms with Crippen LogP contribution in [0.4, 0.5) is 0 Å². The number of ether oxygens (including phenoxy) is 4. The number of amides is 1. The highest BCUT2D eigenvalue weighted by Gasteiger charge is 2.19. The van der Waals surface area contributed by atoms with E-state index in [1.165, 1.54) is 0 Å². The Hall–Kier alpha value is -3.45. The van der Waals surface area contributed by atoms with Gasteiger partial charge in [0.05, 0.1) is 26.4 Å². The van der Waals surface area contributed by atoms with E-state index >= 15 is 0 Å². The number of benzene rings is 2. The van der Waals surface area contributed by atoms with Crippen LogP contribution >= 0.6 is 0 Å². The number of likely N-dealkylation sites (N-methyl/N-ethyl adjacent to an activating group) is 1. The van der Waals surface area contributed by atoms with Gasteiger partial charge in [0.15, 0.2) is 23.0 Å². The summed E-state index contributed by atoms with van der Waals surface area (Å²) in [6.45, 7) is 16.4. The molecule has 0 saturated carbocycles. The van der Waals surface area contributed by atoms with Gasteiger partial charge in [-0.25, -0.2) is 0 Å². The predicted octanol–water partition coefficient (Wildman–Crippen LogP) is 5.63. The number of hydrogen-bond donors (Lipinski definition) is 0. The second kappa shape index (κ2) is 15.1. The molecule has 7 nitrogen and oxygen atoms in total. The average molecular weight is 523 g/mol. The second-order valence-electron chi connectivity index (χ2n) is 8.76. The SMILES string of the molecule is CCOc1ccc(/C=C/c2c(/C=C/C(=O)N3CCN(CC)CC3)ccc(OCC)c2OCC)cc1OCC. The first-order chi connectivity index (χ1) is 18.5. The lowest BCUT2D eigenvalue weighted by Crippen LogP contribution is -2.48. The summed E-state index contributed by atoms with van der Waals surface area (Å²) in [7, 11) is 0. The highest BCUT2D eigenvalue weighted by molar-refractivity contribution is 5.93. The van der Waals surface area contributed by atoms with Gasteiger partial charge >= 0.3 is 0 Å². The Morgan fingerprint density at radius 1 is 0.737 bits per heavy atom. The minimum Gasteiger partial charge on any atom is -0.490 e. The van der Waals surface area contributed by atoms with Crippen LogP contribution in [-0.2, 0) is 4.79 Å². The number of piperazine rings is 1. The van der Waals surface area contributed by atoms with Crippen molar-refractivity contribution in [3.63, 3.8) is 0 Å². The normalized spacial score (nSPS) is 14.3. The first kappa shape index (κ1) is 29.1. The first-order valence-electron chi connectivity index (χ1n) is 13.7. The molecule has 1 aliphatic heterocycles. The van der Waals surface area contributed by atoms with Gasteiger partial charge < -0.3 is 28.7 Å². The molecule has 7 heteroatoms. The molecule has 0 aliphatic carbocycles. The standard InChI is InChI=1S/C31H42N2O5/c1-6-32-19-21-33(22-20-32)30(34)18-14-25-13-17-28(36-8-3)31(38-10-5)26(25)15-11-24-12-16-27(35-7-2)29(23-24)37-9-4/h11-18,23H,6-10,19-22H2,1-5H3/b15-11+,18-14+. The molecule has 38 heavy (non-hydrogen) atoms. The molecule has 3 rings (SSSR count). The summed E-state index contributed by atoms with van der Waals surface area (Å²) >= 11 is 0. The van der Waals surface area contributed by atoms with E-state index in [4.69, 9.17) is 18.9 Å². The van der Waals surface area contributed by atoms with E-state index in [9.17, 15) is 4.79 Å². The fourth-order valence-electron chi connectivity index (χ4n) is 4.38. The van der Waals surface area contributed by atoms with E-state index < -0.39 is 0 Å². The van der Waals surface area contributed by atoms with Crippen molar-refractivity contribution < 1.29 is 23.7 Å². The van der Waals surface area contributed by atoms with Crippen molar-refractivity contribution in [1.82, 2.24) is 9.80 Å². The summed E-state index contributed by atoms with van der Waals surface area (Å²) in [5.41, 5.74) is 2.69. The van der Waals surface area contributed by atoms with Gasteiger partial charge in [-0.3, -0.25) is 4.79 Å². The molecule has 1 amide bonds. The summed E-state index contributed by atoms with van der Waals surface area (Å²) < 4.78 is 23.4. The maximum Gasteiger partial charge on any atom is 0.246 e. The van der Waals surface area contributed by atoms with E-state index in [2.05, 4.69) is 11.8 Å². The van der Waals surface area contributed by atoms with Crippen molar-refractivity contribution >= 4 is 24.1 Å². The third-order valence-electron chi connectivity index (χ3n) is 6.33. The maximum atomic E-state index is 12.9. The molecular formula is C31H42N2O5. The Morgan fingerprint density at radius 2 is 1.37 bits per heavy atom. The summed E-state index contributed by atoms with van der Waals surface area (Å²) in [6.07, 6.45) is 7.54. The molecule has 0 unspecified atom stereocenters. The summed E-state index contributed by atoms with van der Waals surface area (Å²) in [4.78, 5) is 17.2. The Kier molecular flexibility index (Phi) is 11.6. The third-order valence-corrected chi connectivity index (χ3v) is 6.33. The molecule has 1 aliphatic rings. The van der Waals surface area contributed by atoms with Crippen molar-refractivity contribution in [2.45, 2.75) is 34.6 Å². The fourth-order valence-corrected chi connectivity index (χ4v) is 4.38. The molecule has 0 radical (unpaired) electrons. The molecule has 0 bridgehead atoms. The van der Waals surface area contributed by atoms with Crippen molar-refractivity contribution in [3.05, 3.63) is 53.1 Å². The third kappa shape index (κ3) is 7.78. The molecule has 2 aromatic carbocycles. The minimum absolute atomic E-state index is 0.0235. The van der Waals surface area contributed by atoms with Gasteiger partial charge in [-0.1, -0.05) is 25.1 Å². The van der Waals surface area contributed by atoms with Crippen LogP contribution < -0.4 is 18.9 Å². The van der Waals surface area contributed by atoms with Gasteiger partial charge in [0, 0.05) is 37.8 Å². The van der Waals surface area contributed by atoms with Crippen molar-refractivity contribution in [2.75, 3.05) is 59.2 Å². The zero-order valence-corrected chi connectivity index (χ0v) is 23.5. The number of hydrogen-bond acceptors (Lipinski definition) is 6. The van der Waals surface area contributed by atoms with Crippen molar-refractivity contribution in [3.8, 4) is 23.0 Å². The smallest absolute Gasteiger partial charge is 0.246 e. The van der Waals surface area contributed by atoms with Gasteiger partial charge in [0.2, 0.25) is 5.91 Å². The monoisotopic (exact) mass is 522 g/mol. The van der Waals surface area contributed by atoms with Crippen LogP contribution in [0, 0.1) is 0 Å². The zero-order chi connectivity index (χ0) is 27.3. The molecule has 1 fully saturated rings. The zero-order valence-electron chi connectivity index (χ0n) is 23.5. The van der Waals surface area contributed by atoms with Crippen LogP contribution in [0.15, 0.2) is 36.4 Å². The van der Waals surface area contributed by atoms with E-state index in [-0.39, 0.29) is 5.91 Å². The molecule has 0 spiro atoms. The van der Waals surface area contributed by atoms with E-state index in [1.54, 1.807) is 6.08 Å². The lowest BCUT2D eigenvalue weighted by molar-refractivity contribution is -0.127. The highest BCUT2D eigenvalue weighted by Crippen LogP contribution is 2.37. The summed E-state index contributed by atoms with van der Waals surface area (Å²) in [5.74, 6) is 2.79. The van der Waals surface area contributed by atoms with Crippen LogP contribution in [0.2, 0.25) is 0 Å². The van der Waals surface area contributed by atoms with E-state index in [0.29, 0.717) is 43.7 Å². The highest BCUT2D eigenvalue weighted by atomic mass is 16.5. The first-order valence-corrected chi connectivity index (χ1v) is 13.7. The van der Waals surface area contributed by atoms with E-state index in [1.807, 2.05) is 81.2 Å². The van der Waals surface area contributed by atoms with Crippen molar-refractivity contribution in [2.24, 2.45) is 0 Å². The lowest BCUT2D eigenvalue weighted by Gasteiger charge is -2.33. The second-order valence-corrected chi connectivity index (χ2v) is 8.76. The number of nitrogens with zero attached hydrogens (tertiary/aromatic N) is 2. The molecule has 0 N–H and O–H groups in total. The van der Waals surface area contributed by atoms with Crippen LogP contribution in [0.1, 0.15) is 51.3 Å². The Balaban J connectivity index is 1.95. The molecule has 1 heterocycles. The predicted molar refractivity (Wildman–Crippen MR) is 154 cm³/mol. The molecule has 0 atom stereocenters. The van der Waals surface area contributed by atoms with Gasteiger partial charge in [-0.05, 0) is 75.7 Å². The number of carbonyl (C=O) groups is 1. The van der Waals surface area contributed by atoms with Gasteiger partial charge in [0.1, 0.15) is 0 Å². The van der Waals surface area contributed by atoms with Crippen molar-refractivity contribution in [1.29, 1.82) is 0 Å². The van der Waals surface area contributed by atoms with E-state index in [0.717, 1.165) is 55.2 Å². The average Bonchev–Trinajstić information content (AvgIpc) is 2.94. The lowest BCUT2D eigenvalue weighted by atomic mass is 10.0. The molecule has 2 aromatic rings. The van der Waals surface area contributed by atoms with Crippen LogP contribution in [-0.4, -0.2) is 74.9 Å². The summed E-state index contributed by atoms with van der Waals surface area (Å²) in [5, 5.41) is 0. The number of carbonyl (C=O) groups excluding carboxylic acids is 1. The summed E-state index contributed by atoms with van der Waals surface area (Å²) in [6, 6.07) is 9.75. The quantitative estimate of drug-likeness (QED) is 0.251. The minimum atomic E-state index is 0.0235. The van der Waals surface area contributed by atoms with Gasteiger partial charge in [0.25, 0.3) is 0 Å². The fraction of sp³-hybridized carbons (Fsp3) is 0.452. The molecule has 0 aromatic heterocycles. The Bertz CT molecular complexity index is 1100. The largest absolute Gasteiger partial charge is 0.490 e. The van der Waals surface area contributed by atoms with Gasteiger partial charge in [-0.2, -0.15) is 0 Å². The molecule has 1 saturated heterocycles. The molecular weight excluding hydrogens is 480 g/mol. The van der Waals surface area contributed by atoms with Crippen LogP contribution in [0.3, 0.4) is 0 Å². The molecule has 206 valence electrons. The maximum absolute atomic E-state index is 12.9.